The number of hydrogen-bond acceptors (Lipinski definition) is 5. The number of ether oxygens (including phenoxy) is 1. The van der Waals surface area contributed by atoms with E-state index in [1.165, 1.54) is 193 Å². The third-order valence-corrected chi connectivity index (χ3v) is 12.3. The molecule has 0 aliphatic heterocycles. The highest BCUT2D eigenvalue weighted by molar-refractivity contribution is 5.76. The predicted octanol–water partition coefficient (Wildman–Crippen LogP) is 15.7. The molecule has 0 aliphatic rings. The highest BCUT2D eigenvalue weighted by Gasteiger charge is 2.20. The van der Waals surface area contributed by atoms with Crippen LogP contribution in [0.1, 0.15) is 290 Å². The van der Waals surface area contributed by atoms with E-state index in [-0.39, 0.29) is 18.5 Å². The van der Waals surface area contributed by atoms with E-state index in [4.69, 9.17) is 4.74 Å². The van der Waals surface area contributed by atoms with Crippen LogP contribution in [0, 0.1) is 0 Å². The average Bonchev–Trinajstić information content (AvgIpc) is 3.24. The maximum Gasteiger partial charge on any atom is 0.305 e. The summed E-state index contributed by atoms with van der Waals surface area (Å²) >= 11 is 0. The van der Waals surface area contributed by atoms with Gasteiger partial charge >= 0.3 is 5.97 Å². The lowest BCUT2D eigenvalue weighted by molar-refractivity contribution is -0.143. The van der Waals surface area contributed by atoms with E-state index >= 15 is 0 Å². The molecule has 0 aliphatic carbocycles. The molecule has 0 fully saturated rings. The molecule has 350 valence electrons. The highest BCUT2D eigenvalue weighted by Crippen LogP contribution is 2.16. The summed E-state index contributed by atoms with van der Waals surface area (Å²) in [7, 11) is 0. The minimum absolute atomic E-state index is 0.0000849. The average molecular weight is 834 g/mol. The lowest BCUT2D eigenvalue weighted by Crippen LogP contribution is -2.45. The first-order chi connectivity index (χ1) is 29.0. The van der Waals surface area contributed by atoms with Gasteiger partial charge < -0.3 is 20.3 Å². The fraction of sp³-hybridized carbons (Fsp3) is 0.925. The van der Waals surface area contributed by atoms with Crippen LogP contribution in [-0.4, -0.2) is 47.4 Å². The minimum Gasteiger partial charge on any atom is -0.466 e. The maximum absolute atomic E-state index is 12.4. The molecule has 0 bridgehead atoms. The Bertz CT molecular complexity index is 878. The van der Waals surface area contributed by atoms with Crippen LogP contribution in [0.5, 0.6) is 0 Å². The Labute approximate surface area is 368 Å². The lowest BCUT2D eigenvalue weighted by Gasteiger charge is -2.22. The number of allylic oxidation sites excluding steroid dienone is 2. The number of aliphatic hydroxyl groups is 2. The van der Waals surface area contributed by atoms with Crippen molar-refractivity contribution in [1.29, 1.82) is 0 Å². The van der Waals surface area contributed by atoms with Gasteiger partial charge in [-0.05, 0) is 51.4 Å². The van der Waals surface area contributed by atoms with Crippen molar-refractivity contribution in [2.75, 3.05) is 13.2 Å². The predicted molar refractivity (Wildman–Crippen MR) is 255 cm³/mol. The van der Waals surface area contributed by atoms with Gasteiger partial charge in [-0.25, -0.2) is 0 Å². The molecule has 0 radical (unpaired) electrons. The van der Waals surface area contributed by atoms with Crippen LogP contribution in [0.15, 0.2) is 12.2 Å². The maximum atomic E-state index is 12.4. The van der Waals surface area contributed by atoms with Crippen molar-refractivity contribution < 1.29 is 24.5 Å². The van der Waals surface area contributed by atoms with Crippen molar-refractivity contribution in [2.24, 2.45) is 0 Å². The number of esters is 1. The first-order valence-electron chi connectivity index (χ1n) is 26.4. The van der Waals surface area contributed by atoms with Gasteiger partial charge in [0.25, 0.3) is 0 Å². The van der Waals surface area contributed by atoms with Crippen molar-refractivity contribution >= 4 is 11.9 Å². The van der Waals surface area contributed by atoms with E-state index in [2.05, 4.69) is 31.3 Å². The Kier molecular flexibility index (Phi) is 48.1. The van der Waals surface area contributed by atoms with Crippen LogP contribution >= 0.6 is 0 Å². The van der Waals surface area contributed by atoms with E-state index < -0.39 is 12.1 Å². The zero-order valence-electron chi connectivity index (χ0n) is 39.7. The third-order valence-electron chi connectivity index (χ3n) is 12.3. The molecule has 6 heteroatoms. The topological polar surface area (TPSA) is 95.9 Å². The van der Waals surface area contributed by atoms with Crippen LogP contribution in [0.4, 0.5) is 0 Å². The largest absolute Gasteiger partial charge is 0.466 e. The molecule has 59 heavy (non-hydrogen) atoms. The summed E-state index contributed by atoms with van der Waals surface area (Å²) in [4.78, 5) is 24.4. The summed E-state index contributed by atoms with van der Waals surface area (Å²) in [6, 6.07) is -0.551. The molecule has 0 saturated carbocycles. The first kappa shape index (κ1) is 57.6. The SMILES string of the molecule is CCCCCCCCCCCCCCCCCC(=O)OCCCCCCCCC/C=C\CCCCCCCC(=O)NC(CO)C(O)CCCCCCCCCCCCC. The molecule has 2 atom stereocenters. The monoisotopic (exact) mass is 834 g/mol. The Morgan fingerprint density at radius 1 is 0.458 bits per heavy atom. The van der Waals surface area contributed by atoms with Gasteiger partial charge in [-0.1, -0.05) is 238 Å². The molecule has 3 N–H and O–H groups in total. The third kappa shape index (κ3) is 45.9. The van der Waals surface area contributed by atoms with E-state index in [9.17, 15) is 19.8 Å². The molecule has 0 aromatic carbocycles. The number of nitrogens with one attached hydrogen (secondary N) is 1. The second-order valence-corrected chi connectivity index (χ2v) is 18.2. The molecular formula is C53H103NO5. The summed E-state index contributed by atoms with van der Waals surface area (Å²) in [6.45, 7) is 4.93. The van der Waals surface area contributed by atoms with Gasteiger partial charge in [0.2, 0.25) is 5.91 Å². The highest BCUT2D eigenvalue weighted by atomic mass is 16.5. The molecule has 2 unspecified atom stereocenters. The molecule has 0 aromatic rings. The van der Waals surface area contributed by atoms with Gasteiger partial charge in [0.1, 0.15) is 0 Å². The van der Waals surface area contributed by atoms with E-state index in [0.29, 0.717) is 25.9 Å². The van der Waals surface area contributed by atoms with Crippen molar-refractivity contribution in [3.63, 3.8) is 0 Å². The van der Waals surface area contributed by atoms with Crippen molar-refractivity contribution in [3.05, 3.63) is 12.2 Å². The van der Waals surface area contributed by atoms with Crippen LogP contribution in [0.25, 0.3) is 0 Å². The van der Waals surface area contributed by atoms with Crippen LogP contribution in [-0.2, 0) is 14.3 Å². The Morgan fingerprint density at radius 3 is 1.20 bits per heavy atom. The van der Waals surface area contributed by atoms with E-state index in [1.54, 1.807) is 0 Å². The van der Waals surface area contributed by atoms with Crippen molar-refractivity contribution in [1.82, 2.24) is 5.32 Å². The second-order valence-electron chi connectivity index (χ2n) is 18.2. The summed E-state index contributed by atoms with van der Waals surface area (Å²) < 4.78 is 5.47. The minimum atomic E-state index is -0.672. The van der Waals surface area contributed by atoms with Crippen LogP contribution < -0.4 is 5.32 Å². The van der Waals surface area contributed by atoms with Gasteiger partial charge in [0, 0.05) is 12.8 Å². The number of rotatable bonds is 49. The quantitative estimate of drug-likeness (QED) is 0.0322. The fourth-order valence-corrected chi connectivity index (χ4v) is 8.22. The van der Waals surface area contributed by atoms with E-state index in [1.807, 2.05) is 0 Å². The number of carbonyl (C=O) groups is 2. The van der Waals surface area contributed by atoms with Gasteiger partial charge in [0.05, 0.1) is 25.4 Å². The summed E-state index contributed by atoms with van der Waals surface area (Å²) in [6.07, 6.45) is 56.1. The zero-order chi connectivity index (χ0) is 43.0. The standard InChI is InChI=1S/C53H103NO5/c1-3-5-7-9-11-13-15-16-19-23-27-31-35-39-43-47-53(58)59-48-44-40-36-32-28-24-21-18-17-20-22-26-30-34-38-42-46-52(57)54-50(49-55)51(56)45-41-37-33-29-25-14-12-10-8-6-4-2/h17,20,50-51,55-56H,3-16,18-19,21-49H2,1-2H3,(H,54,57)/b20-17-. The van der Waals surface area contributed by atoms with Crippen LogP contribution in [0.3, 0.4) is 0 Å². The lowest BCUT2D eigenvalue weighted by atomic mass is 10.0. The summed E-state index contributed by atoms with van der Waals surface area (Å²) in [5.74, 6) is -0.0524. The molecule has 6 nitrogen and oxygen atoms in total. The molecule has 1 amide bonds. The molecule has 0 heterocycles. The van der Waals surface area contributed by atoms with Gasteiger partial charge in [0.15, 0.2) is 0 Å². The van der Waals surface area contributed by atoms with Gasteiger partial charge in [-0.2, -0.15) is 0 Å². The van der Waals surface area contributed by atoms with Crippen LogP contribution in [0.2, 0.25) is 0 Å². The van der Waals surface area contributed by atoms with Crippen molar-refractivity contribution in [2.45, 2.75) is 302 Å². The summed E-state index contributed by atoms with van der Waals surface area (Å²) in [5.41, 5.74) is 0. The number of aliphatic hydroxyl groups excluding tert-OH is 2. The Hall–Kier alpha value is -1.40. The zero-order valence-corrected chi connectivity index (χ0v) is 39.7. The number of amides is 1. The fourth-order valence-electron chi connectivity index (χ4n) is 8.22. The summed E-state index contributed by atoms with van der Waals surface area (Å²) in [5, 5.41) is 23.1. The Morgan fingerprint density at radius 2 is 0.797 bits per heavy atom. The van der Waals surface area contributed by atoms with E-state index in [0.717, 1.165) is 64.2 Å². The second kappa shape index (κ2) is 49.3. The number of hydrogen-bond donors (Lipinski definition) is 3. The molecule has 0 spiro atoms. The van der Waals surface area contributed by atoms with Gasteiger partial charge in [-0.3, -0.25) is 9.59 Å². The normalized spacial score (nSPS) is 12.7. The Balaban J connectivity index is 3.43. The molecule has 0 aromatic heterocycles. The number of unbranched alkanes of at least 4 members (excludes halogenated alkanes) is 36. The van der Waals surface area contributed by atoms with Gasteiger partial charge in [-0.15, -0.1) is 0 Å². The van der Waals surface area contributed by atoms with Crippen molar-refractivity contribution in [3.8, 4) is 0 Å². The number of carbonyl (C=O) groups excluding carboxylic acids is 2. The smallest absolute Gasteiger partial charge is 0.305 e. The molecular weight excluding hydrogens is 731 g/mol. The first-order valence-corrected chi connectivity index (χ1v) is 26.4. The molecule has 0 saturated heterocycles. The molecule has 0 rings (SSSR count).